The van der Waals surface area contributed by atoms with Gasteiger partial charge in [0.2, 0.25) is 0 Å². The molecule has 2 rings (SSSR count). The SMILES string of the molecule is CC1(C)CN(Cc2ccc(OCC(F)(F)F)cc2)CCC1N.Cl. The van der Waals surface area contributed by atoms with E-state index in [9.17, 15) is 13.2 Å². The molecule has 1 aromatic carbocycles. The second-order valence-corrected chi connectivity index (χ2v) is 6.64. The predicted molar refractivity (Wildman–Crippen MR) is 86.9 cm³/mol. The summed E-state index contributed by atoms with van der Waals surface area (Å²) in [5, 5.41) is 0. The van der Waals surface area contributed by atoms with Gasteiger partial charge in [-0.25, -0.2) is 0 Å². The Bertz CT molecular complexity index is 491. The van der Waals surface area contributed by atoms with Crippen molar-refractivity contribution in [3.8, 4) is 5.75 Å². The zero-order valence-electron chi connectivity index (χ0n) is 13.4. The molecule has 1 saturated heterocycles. The van der Waals surface area contributed by atoms with Crippen molar-refractivity contribution in [2.75, 3.05) is 19.7 Å². The molecule has 1 unspecified atom stereocenters. The number of hydrogen-bond donors (Lipinski definition) is 1. The zero-order chi connectivity index (χ0) is 16.4. The van der Waals surface area contributed by atoms with Gasteiger partial charge >= 0.3 is 6.18 Å². The van der Waals surface area contributed by atoms with Crippen LogP contribution >= 0.6 is 12.4 Å². The van der Waals surface area contributed by atoms with Gasteiger partial charge in [-0.1, -0.05) is 26.0 Å². The Hall–Kier alpha value is -0.980. The first-order valence-corrected chi connectivity index (χ1v) is 7.42. The van der Waals surface area contributed by atoms with Crippen LogP contribution in [-0.4, -0.2) is 36.8 Å². The van der Waals surface area contributed by atoms with Crippen LogP contribution in [0.5, 0.6) is 5.75 Å². The summed E-state index contributed by atoms with van der Waals surface area (Å²) >= 11 is 0. The second-order valence-electron chi connectivity index (χ2n) is 6.64. The molecule has 7 heteroatoms. The summed E-state index contributed by atoms with van der Waals surface area (Å²) in [5.41, 5.74) is 7.26. The van der Waals surface area contributed by atoms with Crippen LogP contribution in [0, 0.1) is 5.41 Å². The molecule has 1 aliphatic heterocycles. The van der Waals surface area contributed by atoms with E-state index in [-0.39, 0.29) is 29.6 Å². The predicted octanol–water partition coefficient (Wildman–Crippen LogP) is 3.61. The third-order valence-electron chi connectivity index (χ3n) is 4.12. The topological polar surface area (TPSA) is 38.5 Å². The van der Waals surface area contributed by atoms with Crippen LogP contribution in [0.4, 0.5) is 13.2 Å². The number of nitrogens with zero attached hydrogens (tertiary/aromatic N) is 1. The minimum Gasteiger partial charge on any atom is -0.484 e. The van der Waals surface area contributed by atoms with E-state index in [2.05, 4.69) is 18.7 Å². The van der Waals surface area contributed by atoms with E-state index in [0.717, 1.165) is 31.6 Å². The van der Waals surface area contributed by atoms with E-state index in [1.54, 1.807) is 12.1 Å². The highest BCUT2D eigenvalue weighted by atomic mass is 35.5. The normalized spacial score (nSPS) is 21.6. The summed E-state index contributed by atoms with van der Waals surface area (Å²) in [6.45, 7) is 5.70. The molecule has 3 nitrogen and oxygen atoms in total. The highest BCUT2D eigenvalue weighted by Crippen LogP contribution is 2.28. The summed E-state index contributed by atoms with van der Waals surface area (Å²) in [4.78, 5) is 2.33. The standard InChI is InChI=1S/C16H23F3N2O.ClH/c1-15(2)10-21(8-7-14(15)20)9-12-3-5-13(6-4-12)22-11-16(17,18)19;/h3-6,14H,7-11,20H2,1-2H3;1H. The van der Waals surface area contributed by atoms with Crippen LogP contribution in [0.25, 0.3) is 0 Å². The first-order chi connectivity index (χ1) is 10.2. The van der Waals surface area contributed by atoms with Crippen LogP contribution in [-0.2, 0) is 6.54 Å². The van der Waals surface area contributed by atoms with Gasteiger partial charge in [0.1, 0.15) is 5.75 Å². The van der Waals surface area contributed by atoms with Gasteiger partial charge in [0, 0.05) is 25.7 Å². The van der Waals surface area contributed by atoms with E-state index in [1.165, 1.54) is 0 Å². The fourth-order valence-corrected chi connectivity index (χ4v) is 2.73. The van der Waals surface area contributed by atoms with Gasteiger partial charge in [0.15, 0.2) is 6.61 Å². The minimum absolute atomic E-state index is 0. The van der Waals surface area contributed by atoms with Gasteiger partial charge in [-0.15, -0.1) is 12.4 Å². The molecule has 0 aliphatic carbocycles. The Labute approximate surface area is 141 Å². The Morgan fingerprint density at radius 2 is 1.87 bits per heavy atom. The zero-order valence-corrected chi connectivity index (χ0v) is 14.2. The number of piperidine rings is 1. The molecule has 0 aromatic heterocycles. The Kier molecular flexibility index (Phi) is 6.74. The molecule has 1 aromatic rings. The van der Waals surface area contributed by atoms with Crippen molar-refractivity contribution in [2.24, 2.45) is 11.1 Å². The molecule has 1 aliphatic rings. The third kappa shape index (κ3) is 6.20. The smallest absolute Gasteiger partial charge is 0.422 e. The van der Waals surface area contributed by atoms with Gasteiger partial charge in [-0.2, -0.15) is 13.2 Å². The highest BCUT2D eigenvalue weighted by molar-refractivity contribution is 5.85. The molecule has 0 saturated carbocycles. The van der Waals surface area contributed by atoms with Gasteiger partial charge in [0.05, 0.1) is 0 Å². The maximum Gasteiger partial charge on any atom is 0.422 e. The molecule has 0 radical (unpaired) electrons. The van der Waals surface area contributed by atoms with E-state index >= 15 is 0 Å². The summed E-state index contributed by atoms with van der Waals surface area (Å²) in [5.74, 6) is 0.238. The summed E-state index contributed by atoms with van der Waals surface area (Å²) in [6, 6.07) is 7.01. The molecular weight excluding hydrogens is 329 g/mol. The average Bonchev–Trinajstić information content (AvgIpc) is 2.41. The summed E-state index contributed by atoms with van der Waals surface area (Å²) in [7, 11) is 0. The van der Waals surface area contributed by atoms with Crippen molar-refractivity contribution in [3.05, 3.63) is 29.8 Å². The van der Waals surface area contributed by atoms with Crippen molar-refractivity contribution in [1.82, 2.24) is 4.90 Å². The average molecular weight is 353 g/mol. The minimum atomic E-state index is -4.31. The fraction of sp³-hybridized carbons (Fsp3) is 0.625. The Morgan fingerprint density at radius 1 is 1.26 bits per heavy atom. The summed E-state index contributed by atoms with van der Waals surface area (Å²) in [6.07, 6.45) is -3.35. The second kappa shape index (κ2) is 7.73. The van der Waals surface area contributed by atoms with E-state index in [0.29, 0.717) is 0 Å². The number of rotatable bonds is 4. The van der Waals surface area contributed by atoms with Crippen molar-refractivity contribution >= 4 is 12.4 Å². The maximum atomic E-state index is 12.1. The lowest BCUT2D eigenvalue weighted by atomic mass is 9.79. The molecular formula is C16H24ClF3N2O. The third-order valence-corrected chi connectivity index (χ3v) is 4.12. The van der Waals surface area contributed by atoms with Crippen LogP contribution in [0.3, 0.4) is 0 Å². The lowest BCUT2D eigenvalue weighted by Crippen LogP contribution is -2.52. The molecule has 132 valence electrons. The van der Waals surface area contributed by atoms with Gasteiger partial charge in [-0.05, 0) is 29.5 Å². The van der Waals surface area contributed by atoms with E-state index < -0.39 is 12.8 Å². The fourth-order valence-electron chi connectivity index (χ4n) is 2.73. The lowest BCUT2D eigenvalue weighted by molar-refractivity contribution is -0.153. The van der Waals surface area contributed by atoms with Crippen molar-refractivity contribution in [1.29, 1.82) is 0 Å². The maximum absolute atomic E-state index is 12.1. The number of halogens is 4. The molecule has 2 N–H and O–H groups in total. The largest absolute Gasteiger partial charge is 0.484 e. The number of benzene rings is 1. The van der Waals surface area contributed by atoms with E-state index in [4.69, 9.17) is 10.5 Å². The molecule has 1 atom stereocenters. The van der Waals surface area contributed by atoms with Gasteiger partial charge < -0.3 is 10.5 Å². The van der Waals surface area contributed by atoms with Crippen molar-refractivity contribution in [2.45, 2.75) is 39.0 Å². The molecule has 23 heavy (non-hydrogen) atoms. The van der Waals surface area contributed by atoms with Crippen LogP contribution < -0.4 is 10.5 Å². The monoisotopic (exact) mass is 352 g/mol. The quantitative estimate of drug-likeness (QED) is 0.899. The lowest BCUT2D eigenvalue weighted by Gasteiger charge is -2.42. The molecule has 0 spiro atoms. The van der Waals surface area contributed by atoms with Crippen LogP contribution in [0.15, 0.2) is 24.3 Å². The van der Waals surface area contributed by atoms with E-state index in [1.807, 2.05) is 12.1 Å². The molecule has 1 heterocycles. The first-order valence-electron chi connectivity index (χ1n) is 7.42. The van der Waals surface area contributed by atoms with Crippen molar-refractivity contribution < 1.29 is 17.9 Å². The first kappa shape index (κ1) is 20.1. The Balaban J connectivity index is 0.00000264. The number of ether oxygens (including phenoxy) is 1. The molecule has 0 amide bonds. The Morgan fingerprint density at radius 3 is 2.39 bits per heavy atom. The number of hydrogen-bond acceptors (Lipinski definition) is 3. The van der Waals surface area contributed by atoms with Crippen LogP contribution in [0.2, 0.25) is 0 Å². The van der Waals surface area contributed by atoms with Gasteiger partial charge in [0.25, 0.3) is 0 Å². The molecule has 1 fully saturated rings. The van der Waals surface area contributed by atoms with Gasteiger partial charge in [-0.3, -0.25) is 4.90 Å². The highest BCUT2D eigenvalue weighted by Gasteiger charge is 2.33. The van der Waals surface area contributed by atoms with Crippen LogP contribution in [0.1, 0.15) is 25.8 Å². The number of alkyl halides is 3. The molecule has 0 bridgehead atoms. The number of nitrogens with two attached hydrogens (primary N) is 1. The number of likely N-dealkylation sites (tertiary alicyclic amines) is 1. The summed E-state index contributed by atoms with van der Waals surface area (Å²) < 4.78 is 41.0. The van der Waals surface area contributed by atoms with Crippen molar-refractivity contribution in [3.63, 3.8) is 0 Å².